The summed E-state index contributed by atoms with van der Waals surface area (Å²) >= 11 is 5.85. The molecule has 2 saturated heterocycles. The van der Waals surface area contributed by atoms with Crippen molar-refractivity contribution < 1.29 is 14.3 Å². The van der Waals surface area contributed by atoms with Crippen LogP contribution in [0.1, 0.15) is 46.5 Å². The van der Waals surface area contributed by atoms with Crippen molar-refractivity contribution in [1.29, 1.82) is 0 Å². The Morgan fingerprint density at radius 2 is 2.00 bits per heavy atom. The predicted molar refractivity (Wildman–Crippen MR) is 85.6 cm³/mol. The molecule has 23 heavy (non-hydrogen) atoms. The third-order valence-electron chi connectivity index (χ3n) is 4.22. The fourth-order valence-electron chi connectivity index (χ4n) is 3.38. The number of fused-ring (bicyclic) bond motifs is 2. The minimum absolute atomic E-state index is 0.0179. The van der Waals surface area contributed by atoms with Crippen LogP contribution in [0.3, 0.4) is 0 Å². The molecule has 0 unspecified atom stereocenters. The molecule has 2 fully saturated rings. The molecule has 3 atom stereocenters. The number of halogens is 1. The van der Waals surface area contributed by atoms with E-state index in [1.807, 2.05) is 25.7 Å². The molecule has 6 nitrogen and oxygen atoms in total. The number of amides is 1. The highest BCUT2D eigenvalue weighted by molar-refractivity contribution is 6.29. The molecule has 0 saturated carbocycles. The summed E-state index contributed by atoms with van der Waals surface area (Å²) in [6.45, 7) is 5.64. The van der Waals surface area contributed by atoms with Crippen molar-refractivity contribution >= 4 is 17.7 Å². The summed E-state index contributed by atoms with van der Waals surface area (Å²) in [6, 6.07) is 0.268. The summed E-state index contributed by atoms with van der Waals surface area (Å²) in [4.78, 5) is 22.5. The second-order valence-electron chi connectivity index (χ2n) is 7.10. The molecule has 1 aromatic rings. The fraction of sp³-hybridized carbons (Fsp3) is 0.688. The van der Waals surface area contributed by atoms with Crippen molar-refractivity contribution in [2.24, 2.45) is 0 Å². The van der Waals surface area contributed by atoms with E-state index < -0.39 is 5.60 Å². The van der Waals surface area contributed by atoms with Crippen LogP contribution in [0.25, 0.3) is 0 Å². The van der Waals surface area contributed by atoms with Crippen LogP contribution < -0.4 is 4.74 Å². The Hall–Kier alpha value is -1.56. The molecule has 1 amide bonds. The van der Waals surface area contributed by atoms with Gasteiger partial charge in [0.2, 0.25) is 5.88 Å². The normalized spacial score (nSPS) is 27.0. The topological polar surface area (TPSA) is 64.5 Å². The van der Waals surface area contributed by atoms with E-state index in [1.165, 1.54) is 6.20 Å². The third-order valence-corrected chi connectivity index (χ3v) is 4.40. The number of hydrogen-bond acceptors (Lipinski definition) is 5. The van der Waals surface area contributed by atoms with Crippen LogP contribution in [0.4, 0.5) is 4.79 Å². The van der Waals surface area contributed by atoms with Gasteiger partial charge in [-0.25, -0.2) is 4.79 Å². The van der Waals surface area contributed by atoms with Gasteiger partial charge in [0.1, 0.15) is 11.7 Å². The molecule has 0 aliphatic carbocycles. The van der Waals surface area contributed by atoms with Crippen molar-refractivity contribution in [2.75, 3.05) is 0 Å². The number of nitrogens with zero attached hydrogens (tertiary/aromatic N) is 3. The number of ether oxygens (including phenoxy) is 2. The zero-order chi connectivity index (χ0) is 16.6. The van der Waals surface area contributed by atoms with Crippen LogP contribution in [0.5, 0.6) is 5.88 Å². The van der Waals surface area contributed by atoms with Gasteiger partial charge in [-0.2, -0.15) is 4.98 Å². The molecule has 0 spiro atoms. The highest BCUT2D eigenvalue weighted by atomic mass is 35.5. The number of rotatable bonds is 2. The number of piperidine rings is 1. The van der Waals surface area contributed by atoms with E-state index in [-0.39, 0.29) is 24.3 Å². The van der Waals surface area contributed by atoms with Gasteiger partial charge in [0.25, 0.3) is 0 Å². The molecule has 2 aliphatic rings. The zero-order valence-corrected chi connectivity index (χ0v) is 14.4. The lowest BCUT2D eigenvalue weighted by molar-refractivity contribution is -0.0169. The van der Waals surface area contributed by atoms with Crippen LogP contribution in [0, 0.1) is 0 Å². The van der Waals surface area contributed by atoms with Crippen molar-refractivity contribution in [3.05, 3.63) is 17.5 Å². The Balaban J connectivity index is 1.73. The van der Waals surface area contributed by atoms with Gasteiger partial charge in [0.05, 0.1) is 18.4 Å². The van der Waals surface area contributed by atoms with E-state index in [2.05, 4.69) is 9.97 Å². The monoisotopic (exact) mass is 339 g/mol. The van der Waals surface area contributed by atoms with Crippen molar-refractivity contribution in [3.63, 3.8) is 0 Å². The van der Waals surface area contributed by atoms with E-state index >= 15 is 0 Å². The first-order chi connectivity index (χ1) is 10.8. The van der Waals surface area contributed by atoms with Gasteiger partial charge in [-0.05, 0) is 46.5 Å². The standard InChI is InChI=1S/C16H22ClN3O3/c1-16(2,3)23-15(21)20-10-4-6-11(20)12(7-5-10)22-14-9-18-8-13(17)19-14/h8-12H,4-7H2,1-3H3/t10-,11+,12-/m0/s1. The number of aromatic nitrogens is 2. The maximum atomic E-state index is 12.5. The summed E-state index contributed by atoms with van der Waals surface area (Å²) in [5, 5.41) is 0.298. The Labute approximate surface area is 141 Å². The Bertz CT molecular complexity index is 590. The second-order valence-corrected chi connectivity index (χ2v) is 7.49. The summed E-state index contributed by atoms with van der Waals surface area (Å²) in [7, 11) is 0. The summed E-state index contributed by atoms with van der Waals surface area (Å²) in [5.41, 5.74) is -0.497. The predicted octanol–water partition coefficient (Wildman–Crippen LogP) is 3.44. The lowest BCUT2D eigenvalue weighted by Gasteiger charge is -2.40. The van der Waals surface area contributed by atoms with Crippen molar-refractivity contribution in [1.82, 2.24) is 14.9 Å². The number of hydrogen-bond donors (Lipinski definition) is 0. The largest absolute Gasteiger partial charge is 0.471 e. The van der Waals surface area contributed by atoms with E-state index in [9.17, 15) is 4.79 Å². The molecule has 3 rings (SSSR count). The van der Waals surface area contributed by atoms with Crippen molar-refractivity contribution in [2.45, 2.75) is 70.2 Å². The molecular weight excluding hydrogens is 318 g/mol. The smallest absolute Gasteiger partial charge is 0.410 e. The summed E-state index contributed by atoms with van der Waals surface area (Å²) in [5.74, 6) is 0.400. The minimum atomic E-state index is -0.497. The van der Waals surface area contributed by atoms with Gasteiger partial charge in [-0.3, -0.25) is 9.88 Å². The first kappa shape index (κ1) is 16.3. The van der Waals surface area contributed by atoms with E-state index in [0.717, 1.165) is 25.7 Å². The van der Waals surface area contributed by atoms with E-state index in [0.29, 0.717) is 11.0 Å². The lowest BCUT2D eigenvalue weighted by atomic mass is 10.0. The van der Waals surface area contributed by atoms with Gasteiger partial charge in [-0.1, -0.05) is 11.6 Å². The zero-order valence-electron chi connectivity index (χ0n) is 13.7. The molecule has 0 radical (unpaired) electrons. The first-order valence-corrected chi connectivity index (χ1v) is 8.37. The maximum Gasteiger partial charge on any atom is 0.410 e. The van der Waals surface area contributed by atoms with Crippen LogP contribution >= 0.6 is 11.6 Å². The molecule has 3 heterocycles. The molecule has 2 bridgehead atoms. The Kier molecular flexibility index (Phi) is 4.36. The summed E-state index contributed by atoms with van der Waals surface area (Å²) in [6.07, 6.45) is 6.37. The second kappa shape index (κ2) is 6.15. The van der Waals surface area contributed by atoms with Crippen LogP contribution in [-0.4, -0.2) is 44.7 Å². The van der Waals surface area contributed by atoms with Crippen molar-refractivity contribution in [3.8, 4) is 5.88 Å². The highest BCUT2D eigenvalue weighted by Crippen LogP contribution is 2.38. The molecule has 126 valence electrons. The minimum Gasteiger partial charge on any atom is -0.471 e. The first-order valence-electron chi connectivity index (χ1n) is 7.99. The van der Waals surface area contributed by atoms with Gasteiger partial charge in [0, 0.05) is 6.04 Å². The van der Waals surface area contributed by atoms with E-state index in [1.54, 1.807) is 6.20 Å². The molecular formula is C16H22ClN3O3. The molecule has 2 aliphatic heterocycles. The molecule has 1 aromatic heterocycles. The Morgan fingerprint density at radius 3 is 2.70 bits per heavy atom. The van der Waals surface area contributed by atoms with Gasteiger partial charge < -0.3 is 9.47 Å². The van der Waals surface area contributed by atoms with Crippen LogP contribution in [0.2, 0.25) is 5.15 Å². The number of carbonyl (C=O) groups excluding carboxylic acids is 1. The fourth-order valence-corrected chi connectivity index (χ4v) is 3.52. The van der Waals surface area contributed by atoms with E-state index in [4.69, 9.17) is 21.1 Å². The lowest BCUT2D eigenvalue weighted by Crippen LogP contribution is -2.53. The number of carbonyl (C=O) groups is 1. The highest BCUT2D eigenvalue weighted by Gasteiger charge is 2.47. The SMILES string of the molecule is CC(C)(C)OC(=O)N1[C@@H]2CC[C@H](Oc3cncc(Cl)n3)[C@H]1CC2. The quantitative estimate of drug-likeness (QED) is 0.825. The van der Waals surface area contributed by atoms with Crippen LogP contribution in [0.15, 0.2) is 12.4 Å². The summed E-state index contributed by atoms with van der Waals surface area (Å²) < 4.78 is 11.5. The van der Waals surface area contributed by atoms with Crippen LogP contribution in [-0.2, 0) is 4.74 Å². The molecule has 0 N–H and O–H groups in total. The third kappa shape index (κ3) is 3.68. The molecule has 7 heteroatoms. The van der Waals surface area contributed by atoms with Gasteiger partial charge in [0.15, 0.2) is 5.15 Å². The van der Waals surface area contributed by atoms with Gasteiger partial charge >= 0.3 is 6.09 Å². The Morgan fingerprint density at radius 1 is 1.26 bits per heavy atom. The molecule has 0 aromatic carbocycles. The maximum absolute atomic E-state index is 12.5. The van der Waals surface area contributed by atoms with Gasteiger partial charge in [-0.15, -0.1) is 0 Å². The average Bonchev–Trinajstić information content (AvgIpc) is 2.76. The average molecular weight is 340 g/mol.